The SMILES string of the molecule is CC(=NO)c1cc2ncn(C3CCCCO3)c2cc1C. The number of hydrogen-bond donors (Lipinski definition) is 1. The molecular weight excluding hydrogens is 254 g/mol. The van der Waals surface area contributed by atoms with Gasteiger partial charge in [0.2, 0.25) is 0 Å². The normalized spacial score (nSPS) is 20.5. The van der Waals surface area contributed by atoms with Crippen molar-refractivity contribution in [1.82, 2.24) is 9.55 Å². The molecule has 3 rings (SSSR count). The monoisotopic (exact) mass is 273 g/mol. The van der Waals surface area contributed by atoms with Gasteiger partial charge in [-0.1, -0.05) is 5.16 Å². The Labute approximate surface area is 117 Å². The van der Waals surface area contributed by atoms with Crippen LogP contribution in [0.1, 0.15) is 43.5 Å². The molecule has 1 unspecified atom stereocenters. The number of imidazole rings is 1. The molecule has 0 saturated carbocycles. The lowest BCUT2D eigenvalue weighted by atomic mass is 10.0. The lowest BCUT2D eigenvalue weighted by Crippen LogP contribution is -2.17. The van der Waals surface area contributed by atoms with Crippen molar-refractivity contribution in [3.63, 3.8) is 0 Å². The minimum Gasteiger partial charge on any atom is -0.411 e. The standard InChI is InChI=1S/C15H19N3O2/c1-10-7-14-13(8-12(10)11(2)17-19)16-9-18(14)15-5-3-4-6-20-15/h7-9,15,19H,3-6H2,1-2H3. The summed E-state index contributed by atoms with van der Waals surface area (Å²) in [6.45, 7) is 4.62. The highest BCUT2D eigenvalue weighted by Crippen LogP contribution is 2.28. The number of nitrogens with zero attached hydrogens (tertiary/aromatic N) is 3. The fraction of sp³-hybridized carbons (Fsp3) is 0.467. The Morgan fingerprint density at radius 2 is 2.30 bits per heavy atom. The molecule has 1 N–H and O–H groups in total. The minimum absolute atomic E-state index is 0.0894. The summed E-state index contributed by atoms with van der Waals surface area (Å²) in [5, 5.41) is 12.2. The largest absolute Gasteiger partial charge is 0.411 e. The van der Waals surface area contributed by atoms with Crippen molar-refractivity contribution in [1.29, 1.82) is 0 Å². The van der Waals surface area contributed by atoms with E-state index >= 15 is 0 Å². The molecule has 5 heteroatoms. The maximum Gasteiger partial charge on any atom is 0.135 e. The predicted molar refractivity (Wildman–Crippen MR) is 77.3 cm³/mol. The van der Waals surface area contributed by atoms with Crippen LogP contribution in [0.5, 0.6) is 0 Å². The first-order chi connectivity index (χ1) is 9.70. The first-order valence-electron chi connectivity index (χ1n) is 6.98. The second-order valence-corrected chi connectivity index (χ2v) is 5.31. The average molecular weight is 273 g/mol. The molecule has 1 aromatic carbocycles. The van der Waals surface area contributed by atoms with Crippen molar-refractivity contribution in [2.75, 3.05) is 6.61 Å². The van der Waals surface area contributed by atoms with E-state index in [1.165, 1.54) is 6.42 Å². The lowest BCUT2D eigenvalue weighted by molar-refractivity contribution is -0.0295. The fourth-order valence-corrected chi connectivity index (χ4v) is 2.79. The summed E-state index contributed by atoms with van der Waals surface area (Å²) in [5.41, 5.74) is 4.58. The summed E-state index contributed by atoms with van der Waals surface area (Å²) in [5.74, 6) is 0. The van der Waals surface area contributed by atoms with Crippen LogP contribution in [0.15, 0.2) is 23.6 Å². The van der Waals surface area contributed by atoms with E-state index in [2.05, 4.69) is 20.8 Å². The van der Waals surface area contributed by atoms with E-state index in [-0.39, 0.29) is 6.23 Å². The van der Waals surface area contributed by atoms with Crippen molar-refractivity contribution in [2.45, 2.75) is 39.3 Å². The molecule has 106 valence electrons. The van der Waals surface area contributed by atoms with Crippen LogP contribution in [0, 0.1) is 6.92 Å². The molecule has 1 aliphatic heterocycles. The zero-order valence-electron chi connectivity index (χ0n) is 11.8. The third-order valence-electron chi connectivity index (χ3n) is 3.93. The highest BCUT2D eigenvalue weighted by atomic mass is 16.5. The van der Waals surface area contributed by atoms with Gasteiger partial charge in [0.1, 0.15) is 6.23 Å². The van der Waals surface area contributed by atoms with Crippen molar-refractivity contribution >= 4 is 16.7 Å². The zero-order valence-corrected chi connectivity index (χ0v) is 11.8. The average Bonchev–Trinajstić information content (AvgIpc) is 2.89. The molecule has 2 heterocycles. The third-order valence-corrected chi connectivity index (χ3v) is 3.93. The van der Waals surface area contributed by atoms with Crippen LogP contribution in [0.4, 0.5) is 0 Å². The van der Waals surface area contributed by atoms with Crippen LogP contribution in [0.25, 0.3) is 11.0 Å². The lowest BCUT2D eigenvalue weighted by Gasteiger charge is -2.24. The van der Waals surface area contributed by atoms with Gasteiger partial charge in [-0.3, -0.25) is 0 Å². The summed E-state index contributed by atoms with van der Waals surface area (Å²) in [6.07, 6.45) is 5.29. The first kappa shape index (κ1) is 13.1. The number of aryl methyl sites for hydroxylation is 1. The van der Waals surface area contributed by atoms with E-state index < -0.39 is 0 Å². The second kappa shape index (κ2) is 5.25. The van der Waals surface area contributed by atoms with Crippen molar-refractivity contribution in [3.8, 4) is 0 Å². The summed E-state index contributed by atoms with van der Waals surface area (Å²) in [4.78, 5) is 4.46. The molecule has 1 fully saturated rings. The maximum atomic E-state index is 8.94. The molecule has 1 aliphatic rings. The van der Waals surface area contributed by atoms with E-state index in [1.807, 2.05) is 19.3 Å². The molecule has 1 atom stereocenters. The second-order valence-electron chi connectivity index (χ2n) is 5.31. The topological polar surface area (TPSA) is 59.6 Å². The Morgan fingerprint density at radius 3 is 3.00 bits per heavy atom. The highest BCUT2D eigenvalue weighted by Gasteiger charge is 2.18. The molecule has 0 amide bonds. The van der Waals surface area contributed by atoms with Crippen LogP contribution in [-0.4, -0.2) is 27.1 Å². The van der Waals surface area contributed by atoms with Crippen molar-refractivity contribution < 1.29 is 9.94 Å². The highest BCUT2D eigenvalue weighted by molar-refractivity contribution is 6.02. The van der Waals surface area contributed by atoms with Crippen LogP contribution >= 0.6 is 0 Å². The Bertz CT molecular complexity index is 654. The molecule has 0 radical (unpaired) electrons. The number of ether oxygens (including phenoxy) is 1. The van der Waals surface area contributed by atoms with Crippen LogP contribution in [0.2, 0.25) is 0 Å². The summed E-state index contributed by atoms with van der Waals surface area (Å²) >= 11 is 0. The molecule has 20 heavy (non-hydrogen) atoms. The number of aromatic nitrogens is 2. The molecule has 0 bridgehead atoms. The quantitative estimate of drug-likeness (QED) is 0.519. The van der Waals surface area contributed by atoms with Crippen molar-refractivity contribution in [2.24, 2.45) is 5.16 Å². The van der Waals surface area contributed by atoms with Crippen LogP contribution in [-0.2, 0) is 4.74 Å². The van der Waals surface area contributed by atoms with Crippen LogP contribution in [0.3, 0.4) is 0 Å². The minimum atomic E-state index is 0.0894. The van der Waals surface area contributed by atoms with E-state index in [1.54, 1.807) is 6.92 Å². The molecular formula is C15H19N3O2. The van der Waals surface area contributed by atoms with Gasteiger partial charge in [0.15, 0.2) is 0 Å². The number of benzene rings is 1. The maximum absolute atomic E-state index is 8.94. The molecule has 0 aliphatic carbocycles. The predicted octanol–water partition coefficient (Wildman–Crippen LogP) is 3.24. The molecule has 1 aromatic heterocycles. The Morgan fingerprint density at radius 1 is 1.45 bits per heavy atom. The van der Waals surface area contributed by atoms with Gasteiger partial charge in [-0.25, -0.2) is 4.98 Å². The molecule has 0 spiro atoms. The van der Waals surface area contributed by atoms with Crippen molar-refractivity contribution in [3.05, 3.63) is 29.6 Å². The molecule has 2 aromatic rings. The smallest absolute Gasteiger partial charge is 0.135 e. The summed E-state index contributed by atoms with van der Waals surface area (Å²) < 4.78 is 7.94. The number of fused-ring (bicyclic) bond motifs is 1. The summed E-state index contributed by atoms with van der Waals surface area (Å²) in [7, 11) is 0. The molecule has 1 saturated heterocycles. The first-order valence-corrected chi connectivity index (χ1v) is 6.98. The van der Waals surface area contributed by atoms with Gasteiger partial charge in [-0.2, -0.15) is 0 Å². The zero-order chi connectivity index (χ0) is 14.1. The Balaban J connectivity index is 2.07. The van der Waals surface area contributed by atoms with Gasteiger partial charge in [0.25, 0.3) is 0 Å². The van der Waals surface area contributed by atoms with Gasteiger partial charge in [-0.15, -0.1) is 0 Å². The Kier molecular flexibility index (Phi) is 3.44. The Hall–Kier alpha value is -1.88. The van der Waals surface area contributed by atoms with Gasteiger partial charge >= 0.3 is 0 Å². The van der Waals surface area contributed by atoms with Gasteiger partial charge in [0.05, 0.1) is 23.1 Å². The van der Waals surface area contributed by atoms with E-state index in [9.17, 15) is 0 Å². The van der Waals surface area contributed by atoms with Gasteiger partial charge < -0.3 is 14.5 Å². The fourth-order valence-electron chi connectivity index (χ4n) is 2.79. The number of rotatable bonds is 2. The van der Waals surface area contributed by atoms with E-state index in [0.717, 1.165) is 41.6 Å². The van der Waals surface area contributed by atoms with E-state index in [4.69, 9.17) is 9.94 Å². The third kappa shape index (κ3) is 2.18. The number of hydrogen-bond acceptors (Lipinski definition) is 4. The van der Waals surface area contributed by atoms with Crippen LogP contribution < -0.4 is 0 Å². The van der Waals surface area contributed by atoms with E-state index in [0.29, 0.717) is 5.71 Å². The number of oxime groups is 1. The molecule has 5 nitrogen and oxygen atoms in total. The summed E-state index contributed by atoms with van der Waals surface area (Å²) in [6, 6.07) is 4.06. The van der Waals surface area contributed by atoms with Gasteiger partial charge in [0, 0.05) is 12.2 Å². The van der Waals surface area contributed by atoms with Gasteiger partial charge in [-0.05, 0) is 50.8 Å².